The number of carbonyl (C=O) groups excluding carboxylic acids is 1. The summed E-state index contributed by atoms with van der Waals surface area (Å²) in [5, 5.41) is 3.21. The third kappa shape index (κ3) is 5.99. The van der Waals surface area contributed by atoms with Gasteiger partial charge >= 0.3 is 12.1 Å². The first kappa shape index (κ1) is 24.7. The number of aryl methyl sites for hydroxylation is 2. The fourth-order valence-corrected chi connectivity index (χ4v) is 3.31. The van der Waals surface area contributed by atoms with Gasteiger partial charge in [0, 0.05) is 24.0 Å². The van der Waals surface area contributed by atoms with Crippen molar-refractivity contribution in [3.8, 4) is 0 Å². The Morgan fingerprint density at radius 2 is 1.87 bits per heavy atom. The number of hydrogen-bond donors (Lipinski definition) is 1. The quantitative estimate of drug-likeness (QED) is 0.280. The zero-order chi connectivity index (χ0) is 21.7. The summed E-state index contributed by atoms with van der Waals surface area (Å²) in [5.74, 6) is -0.0943. The molecule has 0 amide bonds. The number of anilines is 1. The number of fused-ring (bicyclic) bond motifs is 1. The predicted octanol–water partition coefficient (Wildman–Crippen LogP) is 1.77. The van der Waals surface area contributed by atoms with Crippen molar-refractivity contribution in [3.63, 3.8) is 0 Å². The summed E-state index contributed by atoms with van der Waals surface area (Å²) in [6, 6.07) is 14.5. The number of para-hydroxylation sites is 1. The molecule has 1 heterocycles. The summed E-state index contributed by atoms with van der Waals surface area (Å²) >= 11 is 0. The summed E-state index contributed by atoms with van der Waals surface area (Å²) < 4.78 is 45.5. The number of esters is 1. The molecule has 3 rings (SSSR count). The predicted molar refractivity (Wildman–Crippen MR) is 109 cm³/mol. The summed E-state index contributed by atoms with van der Waals surface area (Å²) in [7, 11) is 0. The highest BCUT2D eigenvalue weighted by molar-refractivity contribution is 5.93. The summed E-state index contributed by atoms with van der Waals surface area (Å²) in [5.41, 5.74) is 2.66. The van der Waals surface area contributed by atoms with E-state index in [2.05, 4.69) is 14.6 Å². The van der Waals surface area contributed by atoms with Gasteiger partial charge in [0.05, 0.1) is 18.7 Å². The second-order valence-electron chi connectivity index (χ2n) is 6.59. The van der Waals surface area contributed by atoms with Crippen LogP contribution in [0, 0.1) is 0 Å². The highest BCUT2D eigenvalue weighted by atomic mass is 127. The van der Waals surface area contributed by atoms with Crippen LogP contribution in [0.4, 0.5) is 18.9 Å². The number of nitrogens with one attached hydrogen (secondary N) is 1. The number of rotatable bonds is 7. The summed E-state index contributed by atoms with van der Waals surface area (Å²) in [4.78, 5) is 12.1. The lowest BCUT2D eigenvalue weighted by molar-refractivity contribution is -0.670. The topological polar surface area (TPSA) is 47.1 Å². The molecule has 0 radical (unpaired) electrons. The van der Waals surface area contributed by atoms with Crippen molar-refractivity contribution in [2.45, 2.75) is 33.1 Å². The average Bonchev–Trinajstić information content (AvgIpc) is 3.03. The van der Waals surface area contributed by atoms with Crippen molar-refractivity contribution >= 4 is 28.8 Å². The van der Waals surface area contributed by atoms with Gasteiger partial charge in [-0.25, -0.2) is 13.9 Å². The van der Waals surface area contributed by atoms with Gasteiger partial charge in [0.25, 0.3) is 5.82 Å². The molecule has 1 aromatic heterocycles. The number of carbonyl (C=O) groups is 1. The zero-order valence-electron chi connectivity index (χ0n) is 17.1. The number of nitrogens with zero attached hydrogens (tertiary/aromatic N) is 2. The molecule has 0 bridgehead atoms. The number of alkyl halides is 3. The summed E-state index contributed by atoms with van der Waals surface area (Å²) in [6.07, 6.45) is -0.791. The first-order valence-corrected chi connectivity index (χ1v) is 9.62. The van der Waals surface area contributed by atoms with E-state index in [0.717, 1.165) is 22.5 Å². The van der Waals surface area contributed by atoms with Crippen molar-refractivity contribution < 1.29 is 51.2 Å². The van der Waals surface area contributed by atoms with E-state index < -0.39 is 18.8 Å². The molecule has 3 aromatic rings. The van der Waals surface area contributed by atoms with Crippen LogP contribution < -0.4 is 33.9 Å². The van der Waals surface area contributed by atoms with E-state index in [-0.39, 0.29) is 29.5 Å². The van der Waals surface area contributed by atoms with Gasteiger partial charge in [-0.3, -0.25) is 0 Å². The molecule has 2 aromatic carbocycles. The Balaban J connectivity index is 0.00000341. The van der Waals surface area contributed by atoms with Crippen LogP contribution in [0.3, 0.4) is 0 Å². The smallest absolute Gasteiger partial charge is 0.422 e. The van der Waals surface area contributed by atoms with Crippen molar-refractivity contribution in [1.29, 1.82) is 0 Å². The van der Waals surface area contributed by atoms with E-state index >= 15 is 0 Å². The van der Waals surface area contributed by atoms with Crippen molar-refractivity contribution in [3.05, 3.63) is 66.1 Å². The first-order chi connectivity index (χ1) is 14.3. The molecular weight excluding hydrogens is 522 g/mol. The molecule has 0 atom stereocenters. The Hall–Kier alpha value is -2.56. The molecule has 0 aliphatic rings. The van der Waals surface area contributed by atoms with Crippen molar-refractivity contribution in [2.24, 2.45) is 0 Å². The van der Waals surface area contributed by atoms with Crippen LogP contribution in [0.5, 0.6) is 0 Å². The molecule has 5 nitrogen and oxygen atoms in total. The van der Waals surface area contributed by atoms with Gasteiger partial charge in [0.15, 0.2) is 17.6 Å². The molecule has 0 fully saturated rings. The number of imidazole rings is 1. The van der Waals surface area contributed by atoms with Crippen LogP contribution in [-0.4, -0.2) is 23.3 Å². The SMILES string of the molecule is CCn1c(C=CNc2ccccc2)[n+](CC)c2ccc(C(=O)OCC(F)(F)F)cc21.[I-]. The highest BCUT2D eigenvalue weighted by Crippen LogP contribution is 2.20. The minimum atomic E-state index is -4.56. The van der Waals surface area contributed by atoms with Gasteiger partial charge in [0.1, 0.15) is 0 Å². The Kier molecular flexibility index (Phi) is 8.49. The lowest BCUT2D eigenvalue weighted by Gasteiger charge is -2.07. The van der Waals surface area contributed by atoms with Crippen LogP contribution in [-0.2, 0) is 17.8 Å². The van der Waals surface area contributed by atoms with Crippen LogP contribution in [0.15, 0.2) is 54.7 Å². The second-order valence-corrected chi connectivity index (χ2v) is 6.59. The van der Waals surface area contributed by atoms with E-state index in [9.17, 15) is 18.0 Å². The molecule has 0 saturated heterocycles. The maximum Gasteiger partial charge on any atom is 0.422 e. The molecule has 1 N–H and O–H groups in total. The molecular formula is C22H23F3IN3O2. The van der Waals surface area contributed by atoms with Crippen LogP contribution in [0.25, 0.3) is 17.1 Å². The van der Waals surface area contributed by atoms with Crippen molar-refractivity contribution in [1.82, 2.24) is 4.57 Å². The standard InChI is InChI=1S/C22H22F3N3O2.HI/c1-3-27-18-11-10-16(21(29)30-15-22(23,24)25)14-19(18)28(4-2)20(27)12-13-26-17-8-6-5-7-9-17;/h5-14H,3-4,15H2,1-2H3;1H. The molecule has 0 aliphatic carbocycles. The minimum absolute atomic E-state index is 0. The lowest BCUT2D eigenvalue weighted by atomic mass is 10.2. The lowest BCUT2D eigenvalue weighted by Crippen LogP contribution is -3.00. The van der Waals surface area contributed by atoms with Gasteiger partial charge in [-0.2, -0.15) is 13.2 Å². The average molecular weight is 545 g/mol. The molecule has 166 valence electrons. The molecule has 31 heavy (non-hydrogen) atoms. The number of aromatic nitrogens is 2. The highest BCUT2D eigenvalue weighted by Gasteiger charge is 2.30. The van der Waals surface area contributed by atoms with E-state index in [1.165, 1.54) is 6.07 Å². The van der Waals surface area contributed by atoms with Gasteiger partial charge in [-0.15, -0.1) is 0 Å². The van der Waals surface area contributed by atoms with Gasteiger partial charge in [-0.05, 0) is 38.1 Å². The van der Waals surface area contributed by atoms with Crippen LogP contribution >= 0.6 is 0 Å². The second kappa shape index (κ2) is 10.7. The van der Waals surface area contributed by atoms with Crippen LogP contribution in [0.1, 0.15) is 30.0 Å². The largest absolute Gasteiger partial charge is 1.00 e. The number of benzene rings is 2. The molecule has 9 heteroatoms. The van der Waals surface area contributed by atoms with E-state index in [4.69, 9.17) is 0 Å². The minimum Gasteiger partial charge on any atom is -1.00 e. The Bertz CT molecular complexity index is 1060. The number of hydrogen-bond acceptors (Lipinski definition) is 3. The van der Waals surface area contributed by atoms with Gasteiger partial charge < -0.3 is 34.0 Å². The fourth-order valence-electron chi connectivity index (χ4n) is 3.31. The number of halogens is 4. The zero-order valence-corrected chi connectivity index (χ0v) is 19.3. The number of ether oxygens (including phenoxy) is 1. The Morgan fingerprint density at radius 3 is 2.48 bits per heavy atom. The Labute approximate surface area is 195 Å². The maximum atomic E-state index is 12.3. The van der Waals surface area contributed by atoms with Crippen LogP contribution in [0.2, 0.25) is 0 Å². The molecule has 0 unspecified atom stereocenters. The molecule has 0 aliphatic heterocycles. The normalized spacial score (nSPS) is 11.5. The third-order valence-electron chi connectivity index (χ3n) is 4.60. The van der Waals surface area contributed by atoms with E-state index in [1.54, 1.807) is 12.1 Å². The maximum absolute atomic E-state index is 12.3. The third-order valence-corrected chi connectivity index (χ3v) is 4.60. The summed E-state index contributed by atoms with van der Waals surface area (Å²) in [6.45, 7) is 3.68. The van der Waals surface area contributed by atoms with Crippen molar-refractivity contribution in [2.75, 3.05) is 11.9 Å². The van der Waals surface area contributed by atoms with E-state index in [1.807, 2.05) is 61.0 Å². The van der Waals surface area contributed by atoms with Gasteiger partial charge in [-0.1, -0.05) is 18.2 Å². The monoisotopic (exact) mass is 545 g/mol. The molecule has 0 spiro atoms. The fraction of sp³-hybridized carbons (Fsp3) is 0.273. The Morgan fingerprint density at radius 1 is 1.16 bits per heavy atom. The van der Waals surface area contributed by atoms with Gasteiger partial charge in [0.2, 0.25) is 0 Å². The first-order valence-electron chi connectivity index (χ1n) is 9.62. The van der Waals surface area contributed by atoms with E-state index in [0.29, 0.717) is 13.1 Å². The molecule has 0 saturated carbocycles.